The molecule has 3 aromatic carbocycles. The number of aliphatic carboxylic acids is 1. The number of carboxylic acids is 1. The van der Waals surface area contributed by atoms with Crippen LogP contribution in [0.2, 0.25) is 0 Å². The molecule has 1 atom stereocenters. The van der Waals surface area contributed by atoms with Crippen LogP contribution in [0.15, 0.2) is 78.9 Å². The van der Waals surface area contributed by atoms with Crippen LogP contribution in [0, 0.1) is 0 Å². The van der Waals surface area contributed by atoms with E-state index in [-0.39, 0.29) is 23.8 Å². The molecule has 0 aliphatic heterocycles. The molecule has 3 aromatic rings. The Hall–Kier alpha value is -3.49. The Morgan fingerprint density at radius 2 is 1.43 bits per heavy atom. The summed E-state index contributed by atoms with van der Waals surface area (Å²) in [6, 6.07) is 22.1. The van der Waals surface area contributed by atoms with Crippen LogP contribution in [0.4, 0.5) is 4.79 Å². The highest BCUT2D eigenvalue weighted by molar-refractivity contribution is 7.50. The van der Waals surface area contributed by atoms with E-state index in [1.165, 1.54) is 0 Å². The van der Waals surface area contributed by atoms with Gasteiger partial charge in [0, 0.05) is 5.92 Å². The number of carbonyl (C=O) groups excluding carboxylic acids is 1. The van der Waals surface area contributed by atoms with Crippen molar-refractivity contribution in [1.29, 1.82) is 0 Å². The number of nitrogens with zero attached hydrogens (tertiary/aromatic N) is 1. The van der Waals surface area contributed by atoms with Crippen molar-refractivity contribution in [2.24, 2.45) is 0 Å². The molecule has 4 rings (SSSR count). The van der Waals surface area contributed by atoms with Crippen molar-refractivity contribution in [2.45, 2.75) is 18.6 Å². The molecule has 0 heterocycles. The summed E-state index contributed by atoms with van der Waals surface area (Å²) in [6.07, 6.45) is -1.43. The first-order valence-electron chi connectivity index (χ1n) is 10.8. The van der Waals surface area contributed by atoms with Gasteiger partial charge >= 0.3 is 19.8 Å². The maximum atomic E-state index is 12.8. The van der Waals surface area contributed by atoms with E-state index < -0.39 is 32.5 Å². The maximum Gasteiger partial charge on any atom is 0.435 e. The van der Waals surface area contributed by atoms with Crippen molar-refractivity contribution in [3.8, 4) is 11.1 Å². The summed E-state index contributed by atoms with van der Waals surface area (Å²) in [5.74, 6) is -1.99. The second-order valence-corrected chi connectivity index (χ2v) is 9.47. The molecule has 1 aliphatic rings. The lowest BCUT2D eigenvalue weighted by Crippen LogP contribution is -2.46. The first-order chi connectivity index (χ1) is 16.8. The van der Waals surface area contributed by atoms with E-state index in [4.69, 9.17) is 9.47 Å². The standard InChI is InChI=1S/C25H24NO8P/c27-24(28)23(16-33-14-17-8-2-1-3-9-17)26(35(30,31)32)25(29)34-15-22-20-12-6-4-10-18(20)19-11-5-7-13-21(19)22/h1-13,22-23H,14-16H2,(H,27,28)(H2,30,31,32)/t23-/m0/s1. The van der Waals surface area contributed by atoms with Gasteiger partial charge in [-0.3, -0.25) is 0 Å². The summed E-state index contributed by atoms with van der Waals surface area (Å²) in [7, 11) is -5.35. The number of ether oxygens (including phenoxy) is 2. The van der Waals surface area contributed by atoms with E-state index in [0.717, 1.165) is 27.8 Å². The van der Waals surface area contributed by atoms with Crippen LogP contribution < -0.4 is 0 Å². The lowest BCUT2D eigenvalue weighted by atomic mass is 9.98. The van der Waals surface area contributed by atoms with Crippen LogP contribution in [0.1, 0.15) is 22.6 Å². The Morgan fingerprint density at radius 1 is 0.886 bits per heavy atom. The van der Waals surface area contributed by atoms with Crippen molar-refractivity contribution >= 4 is 19.8 Å². The van der Waals surface area contributed by atoms with Crippen LogP contribution in [0.3, 0.4) is 0 Å². The molecule has 1 amide bonds. The molecule has 0 aromatic heterocycles. The minimum atomic E-state index is -5.35. The van der Waals surface area contributed by atoms with Gasteiger partial charge in [-0.25, -0.2) is 14.2 Å². The summed E-state index contributed by atoms with van der Waals surface area (Å²) >= 11 is 0. The van der Waals surface area contributed by atoms with Gasteiger partial charge in [0.2, 0.25) is 0 Å². The number of fused-ring (bicyclic) bond motifs is 3. The van der Waals surface area contributed by atoms with Gasteiger partial charge < -0.3 is 24.4 Å². The monoisotopic (exact) mass is 497 g/mol. The molecule has 10 heteroatoms. The zero-order valence-electron chi connectivity index (χ0n) is 18.6. The highest BCUT2D eigenvalue weighted by Crippen LogP contribution is 2.46. The number of carbonyl (C=O) groups is 2. The van der Waals surface area contributed by atoms with Gasteiger partial charge in [0.15, 0.2) is 6.04 Å². The fourth-order valence-electron chi connectivity index (χ4n) is 4.18. The SMILES string of the molecule is O=C(O)[C@H](COCc1ccccc1)N(C(=O)OCC1c2ccccc2-c2ccccc21)P(=O)(O)O. The van der Waals surface area contributed by atoms with Gasteiger partial charge in [-0.1, -0.05) is 78.9 Å². The van der Waals surface area contributed by atoms with Gasteiger partial charge in [0.25, 0.3) is 0 Å². The molecule has 0 saturated carbocycles. The molecule has 0 saturated heterocycles. The average Bonchev–Trinajstić information content (AvgIpc) is 3.15. The fraction of sp³-hybridized carbons (Fsp3) is 0.200. The van der Waals surface area contributed by atoms with Crippen LogP contribution in [0.25, 0.3) is 11.1 Å². The minimum absolute atomic E-state index is 0.00427. The van der Waals surface area contributed by atoms with Crippen LogP contribution in [-0.2, 0) is 25.4 Å². The van der Waals surface area contributed by atoms with Gasteiger partial charge in [-0.05, 0) is 27.8 Å². The highest BCUT2D eigenvalue weighted by atomic mass is 31.2. The van der Waals surface area contributed by atoms with E-state index in [1.54, 1.807) is 30.3 Å². The van der Waals surface area contributed by atoms with E-state index in [2.05, 4.69) is 0 Å². The summed E-state index contributed by atoms with van der Waals surface area (Å²) in [6.45, 7) is -0.857. The molecule has 0 unspecified atom stereocenters. The van der Waals surface area contributed by atoms with Crippen molar-refractivity contribution in [3.63, 3.8) is 0 Å². The Labute approximate surface area is 201 Å². The van der Waals surface area contributed by atoms with E-state index in [1.807, 2.05) is 48.5 Å². The highest BCUT2D eigenvalue weighted by Gasteiger charge is 2.43. The zero-order valence-corrected chi connectivity index (χ0v) is 19.5. The third kappa shape index (κ3) is 5.44. The Balaban J connectivity index is 1.50. The van der Waals surface area contributed by atoms with E-state index in [9.17, 15) is 29.0 Å². The molecule has 0 radical (unpaired) electrons. The lowest BCUT2D eigenvalue weighted by molar-refractivity contribution is -0.143. The Morgan fingerprint density at radius 3 is 1.97 bits per heavy atom. The number of benzene rings is 3. The molecular formula is C25H24NO8P. The van der Waals surface area contributed by atoms with Crippen LogP contribution in [0.5, 0.6) is 0 Å². The van der Waals surface area contributed by atoms with Gasteiger partial charge in [0.05, 0.1) is 13.2 Å². The third-order valence-electron chi connectivity index (χ3n) is 5.77. The van der Waals surface area contributed by atoms with Crippen molar-refractivity contribution in [3.05, 3.63) is 95.6 Å². The van der Waals surface area contributed by atoms with Crippen LogP contribution >= 0.6 is 7.75 Å². The van der Waals surface area contributed by atoms with Crippen molar-refractivity contribution in [2.75, 3.05) is 13.2 Å². The van der Waals surface area contributed by atoms with Crippen molar-refractivity contribution < 1.29 is 38.5 Å². The quantitative estimate of drug-likeness (QED) is 0.378. The normalized spacial score (nSPS) is 13.5. The molecule has 0 bridgehead atoms. The first-order valence-corrected chi connectivity index (χ1v) is 12.4. The van der Waals surface area contributed by atoms with Crippen molar-refractivity contribution in [1.82, 2.24) is 4.67 Å². The maximum absolute atomic E-state index is 12.8. The molecule has 182 valence electrons. The second kappa shape index (κ2) is 10.4. The smallest absolute Gasteiger partial charge is 0.435 e. The summed E-state index contributed by atoms with van der Waals surface area (Å²) in [5.41, 5.74) is 4.51. The van der Waals surface area contributed by atoms with E-state index in [0.29, 0.717) is 0 Å². The number of hydrogen-bond acceptors (Lipinski definition) is 5. The molecule has 3 N–H and O–H groups in total. The van der Waals surface area contributed by atoms with Crippen LogP contribution in [-0.4, -0.2) is 50.9 Å². The van der Waals surface area contributed by atoms with Gasteiger partial charge in [0.1, 0.15) is 6.61 Å². The Bertz CT molecular complexity index is 1210. The molecule has 35 heavy (non-hydrogen) atoms. The molecule has 1 aliphatic carbocycles. The number of amides is 1. The average molecular weight is 497 g/mol. The second-order valence-electron chi connectivity index (χ2n) is 8.02. The predicted molar refractivity (Wildman–Crippen MR) is 126 cm³/mol. The number of rotatable bonds is 9. The summed E-state index contributed by atoms with van der Waals surface area (Å²) in [4.78, 5) is 44.3. The molecule has 0 fully saturated rings. The molecular weight excluding hydrogens is 473 g/mol. The largest absolute Gasteiger partial charge is 0.480 e. The van der Waals surface area contributed by atoms with E-state index >= 15 is 0 Å². The topological polar surface area (TPSA) is 134 Å². The molecule has 9 nitrogen and oxygen atoms in total. The lowest BCUT2D eigenvalue weighted by Gasteiger charge is -2.28. The first kappa shape index (κ1) is 24.6. The third-order valence-corrected chi connectivity index (χ3v) is 6.77. The predicted octanol–water partition coefficient (Wildman–Crippen LogP) is 4.00. The van der Waals surface area contributed by atoms with Gasteiger partial charge in [-0.2, -0.15) is 4.67 Å². The Kier molecular flexibility index (Phi) is 7.33. The summed E-state index contributed by atoms with van der Waals surface area (Å²) in [5, 5.41) is 9.62. The van der Waals surface area contributed by atoms with Gasteiger partial charge in [-0.15, -0.1) is 0 Å². The fourth-order valence-corrected chi connectivity index (χ4v) is 4.98. The number of carboxylic acid groups (broad SMARTS) is 1. The summed E-state index contributed by atoms with van der Waals surface area (Å²) < 4.78 is 22.7. The number of hydrogen-bond donors (Lipinski definition) is 3. The minimum Gasteiger partial charge on any atom is -0.480 e. The zero-order chi connectivity index (χ0) is 25.0. The molecule has 0 spiro atoms.